The first kappa shape index (κ1) is 21.0. The van der Waals surface area contributed by atoms with Gasteiger partial charge in [0.25, 0.3) is 5.91 Å². The molecule has 0 aliphatic rings. The maximum atomic E-state index is 12.5. The molecule has 150 valence electrons. The number of nitrogens with one attached hydrogen (secondary N) is 2. The summed E-state index contributed by atoms with van der Waals surface area (Å²) in [4.78, 5) is 25.6. The molecule has 3 aromatic carbocycles. The number of amides is 1. The van der Waals surface area contributed by atoms with Crippen LogP contribution in [0.5, 0.6) is 0 Å². The Morgan fingerprint density at radius 1 is 0.900 bits per heavy atom. The Morgan fingerprint density at radius 3 is 2.33 bits per heavy atom. The molecule has 3 aromatic rings. The fourth-order valence-corrected chi connectivity index (χ4v) is 3.32. The van der Waals surface area contributed by atoms with E-state index in [1.165, 1.54) is 11.8 Å². The maximum absolute atomic E-state index is 12.5. The highest BCUT2D eigenvalue weighted by atomic mass is 32.2. The van der Waals surface area contributed by atoms with E-state index in [0.717, 1.165) is 10.6 Å². The summed E-state index contributed by atoms with van der Waals surface area (Å²) >= 11 is 1.32. The van der Waals surface area contributed by atoms with E-state index in [0.29, 0.717) is 16.9 Å². The highest BCUT2D eigenvalue weighted by Gasteiger charge is 2.15. The molecule has 30 heavy (non-hydrogen) atoms. The highest BCUT2D eigenvalue weighted by Crippen LogP contribution is 2.26. The van der Waals surface area contributed by atoms with Crippen LogP contribution in [-0.4, -0.2) is 24.2 Å². The second-order valence-electron chi connectivity index (χ2n) is 6.10. The maximum Gasteiger partial charge on any atom is 0.340 e. The number of nitriles is 1. The van der Waals surface area contributed by atoms with Crippen LogP contribution in [0.3, 0.4) is 0 Å². The van der Waals surface area contributed by atoms with Gasteiger partial charge in [-0.25, -0.2) is 4.79 Å². The number of anilines is 3. The molecule has 0 bridgehead atoms. The van der Waals surface area contributed by atoms with E-state index >= 15 is 0 Å². The lowest BCUT2D eigenvalue weighted by Crippen LogP contribution is -2.21. The van der Waals surface area contributed by atoms with Gasteiger partial charge in [0.1, 0.15) is 0 Å². The molecule has 0 unspecified atom stereocenters. The van der Waals surface area contributed by atoms with Crippen molar-refractivity contribution < 1.29 is 14.3 Å². The zero-order chi connectivity index (χ0) is 21.2. The Hall–Kier alpha value is -3.76. The van der Waals surface area contributed by atoms with Crippen molar-refractivity contribution in [1.82, 2.24) is 0 Å². The molecule has 7 heteroatoms. The first-order valence-corrected chi connectivity index (χ1v) is 10.1. The van der Waals surface area contributed by atoms with E-state index in [1.807, 2.05) is 48.5 Å². The molecule has 2 N–H and O–H groups in total. The van der Waals surface area contributed by atoms with Crippen molar-refractivity contribution in [2.75, 3.05) is 23.0 Å². The number of nitrogens with zero attached hydrogens (tertiary/aromatic N) is 1. The van der Waals surface area contributed by atoms with Crippen LogP contribution >= 0.6 is 11.8 Å². The van der Waals surface area contributed by atoms with Crippen LogP contribution in [0.25, 0.3) is 0 Å². The Balaban J connectivity index is 1.61. The van der Waals surface area contributed by atoms with Crippen molar-refractivity contribution in [3.8, 4) is 6.07 Å². The van der Waals surface area contributed by atoms with Gasteiger partial charge in [0.2, 0.25) is 0 Å². The molecular weight excluding hydrogens is 398 g/mol. The third-order valence-electron chi connectivity index (χ3n) is 3.99. The van der Waals surface area contributed by atoms with Crippen molar-refractivity contribution in [2.45, 2.75) is 4.90 Å². The highest BCUT2D eigenvalue weighted by molar-refractivity contribution is 7.99. The average Bonchev–Trinajstić information content (AvgIpc) is 2.78. The zero-order valence-electron chi connectivity index (χ0n) is 16.0. The Bertz CT molecular complexity index is 1060. The molecule has 3 rings (SSSR count). The topological polar surface area (TPSA) is 91.2 Å². The summed E-state index contributed by atoms with van der Waals surface area (Å²) in [5.74, 6) is -0.786. The summed E-state index contributed by atoms with van der Waals surface area (Å²) in [5, 5.41) is 14.6. The Labute approximate surface area is 178 Å². The van der Waals surface area contributed by atoms with Crippen LogP contribution < -0.4 is 10.6 Å². The van der Waals surface area contributed by atoms with Gasteiger partial charge in [0, 0.05) is 10.6 Å². The quantitative estimate of drug-likeness (QED) is 0.402. The summed E-state index contributed by atoms with van der Waals surface area (Å²) in [5.41, 5.74) is 2.33. The zero-order valence-corrected chi connectivity index (χ0v) is 16.8. The number of esters is 1. The van der Waals surface area contributed by atoms with Gasteiger partial charge in [-0.3, -0.25) is 4.79 Å². The van der Waals surface area contributed by atoms with Crippen molar-refractivity contribution in [1.29, 1.82) is 5.26 Å². The summed E-state index contributed by atoms with van der Waals surface area (Å²) in [7, 11) is 0. The van der Waals surface area contributed by atoms with Crippen molar-refractivity contribution >= 4 is 40.7 Å². The van der Waals surface area contributed by atoms with Gasteiger partial charge in [-0.1, -0.05) is 42.5 Å². The lowest BCUT2D eigenvalue weighted by atomic mass is 10.1. The number of carbonyl (C=O) groups is 2. The van der Waals surface area contributed by atoms with Crippen LogP contribution in [-0.2, 0) is 9.53 Å². The minimum absolute atomic E-state index is 0.271. The number of hydrogen-bond acceptors (Lipinski definition) is 6. The first-order valence-electron chi connectivity index (χ1n) is 9.14. The number of para-hydroxylation sites is 3. The number of thioether (sulfide) groups is 1. The molecule has 1 amide bonds. The van der Waals surface area contributed by atoms with Crippen LogP contribution in [0.1, 0.15) is 10.4 Å². The average molecular weight is 417 g/mol. The number of hydrogen-bond donors (Lipinski definition) is 2. The van der Waals surface area contributed by atoms with Gasteiger partial charge in [0.15, 0.2) is 6.61 Å². The van der Waals surface area contributed by atoms with E-state index in [4.69, 9.17) is 10.00 Å². The lowest BCUT2D eigenvalue weighted by molar-refractivity contribution is -0.119. The van der Waals surface area contributed by atoms with Crippen LogP contribution in [0.2, 0.25) is 0 Å². The Kier molecular flexibility index (Phi) is 7.47. The molecule has 0 aliphatic heterocycles. The van der Waals surface area contributed by atoms with Crippen molar-refractivity contribution in [3.63, 3.8) is 0 Å². The molecule has 0 fully saturated rings. The van der Waals surface area contributed by atoms with Gasteiger partial charge >= 0.3 is 5.97 Å². The molecule has 0 spiro atoms. The standard InChI is InChI=1S/C23H19N3O3S/c24-14-15-30-21-13-7-6-12-20(21)26-22(27)16-29-23(28)18-10-4-5-11-19(18)25-17-8-2-1-3-9-17/h1-13,25H,15-16H2,(H,26,27). The van der Waals surface area contributed by atoms with Gasteiger partial charge in [-0.2, -0.15) is 5.26 Å². The van der Waals surface area contributed by atoms with Gasteiger partial charge in [-0.15, -0.1) is 11.8 Å². The monoisotopic (exact) mass is 417 g/mol. The lowest BCUT2D eigenvalue weighted by Gasteiger charge is -2.12. The Morgan fingerprint density at radius 2 is 1.57 bits per heavy atom. The van der Waals surface area contributed by atoms with E-state index < -0.39 is 18.5 Å². The van der Waals surface area contributed by atoms with Crippen LogP contribution in [0.4, 0.5) is 17.1 Å². The van der Waals surface area contributed by atoms with E-state index in [2.05, 4.69) is 16.7 Å². The molecule has 0 atom stereocenters. The number of carbonyl (C=O) groups excluding carboxylic acids is 2. The van der Waals surface area contributed by atoms with E-state index in [-0.39, 0.29) is 5.75 Å². The molecular formula is C23H19N3O3S. The molecule has 0 aliphatic carbocycles. The third-order valence-corrected chi connectivity index (χ3v) is 4.93. The SMILES string of the molecule is N#CCSc1ccccc1NC(=O)COC(=O)c1ccccc1Nc1ccccc1. The predicted molar refractivity (Wildman–Crippen MR) is 118 cm³/mol. The molecule has 0 radical (unpaired) electrons. The van der Waals surface area contributed by atoms with Gasteiger partial charge < -0.3 is 15.4 Å². The summed E-state index contributed by atoms with van der Waals surface area (Å²) in [6.45, 7) is -0.421. The van der Waals surface area contributed by atoms with E-state index in [1.54, 1.807) is 30.3 Å². The van der Waals surface area contributed by atoms with Crippen LogP contribution in [0.15, 0.2) is 83.8 Å². The fourth-order valence-electron chi connectivity index (χ4n) is 2.65. The predicted octanol–water partition coefficient (Wildman–Crippen LogP) is 4.84. The minimum Gasteiger partial charge on any atom is -0.452 e. The number of benzene rings is 3. The fraction of sp³-hybridized carbons (Fsp3) is 0.0870. The normalized spacial score (nSPS) is 9.97. The largest absolute Gasteiger partial charge is 0.452 e. The summed E-state index contributed by atoms with van der Waals surface area (Å²) < 4.78 is 5.21. The van der Waals surface area contributed by atoms with Crippen molar-refractivity contribution in [3.05, 3.63) is 84.4 Å². The summed E-state index contributed by atoms with van der Waals surface area (Å²) in [6, 6.07) is 25.6. The second-order valence-corrected chi connectivity index (χ2v) is 7.12. The molecule has 0 heterocycles. The minimum atomic E-state index is -0.601. The van der Waals surface area contributed by atoms with Crippen LogP contribution in [0, 0.1) is 11.3 Å². The molecule has 6 nitrogen and oxygen atoms in total. The third kappa shape index (κ3) is 5.87. The van der Waals surface area contributed by atoms with Gasteiger partial charge in [0.05, 0.1) is 28.8 Å². The molecule has 0 saturated heterocycles. The first-order chi connectivity index (χ1) is 14.7. The molecule has 0 aromatic heterocycles. The number of ether oxygens (including phenoxy) is 1. The van der Waals surface area contributed by atoms with Gasteiger partial charge in [-0.05, 0) is 36.4 Å². The van der Waals surface area contributed by atoms with Crippen molar-refractivity contribution in [2.24, 2.45) is 0 Å². The number of rotatable bonds is 8. The second kappa shape index (κ2) is 10.7. The summed E-state index contributed by atoms with van der Waals surface area (Å²) in [6.07, 6.45) is 0. The molecule has 0 saturated carbocycles. The smallest absolute Gasteiger partial charge is 0.340 e. The van der Waals surface area contributed by atoms with E-state index in [9.17, 15) is 9.59 Å².